The number of amides is 2. The smallest absolute Gasteiger partial charge is 0.251 e. The average molecular weight is 510 g/mol. The molecule has 37 heavy (non-hydrogen) atoms. The highest BCUT2D eigenvalue weighted by molar-refractivity contribution is 5.97. The lowest BCUT2D eigenvalue weighted by molar-refractivity contribution is -0.116. The van der Waals surface area contributed by atoms with Crippen molar-refractivity contribution in [3.63, 3.8) is 0 Å². The Bertz CT molecular complexity index is 1030. The van der Waals surface area contributed by atoms with Gasteiger partial charge >= 0.3 is 0 Å². The van der Waals surface area contributed by atoms with E-state index in [2.05, 4.69) is 24.1 Å². The number of anilines is 1. The fourth-order valence-corrected chi connectivity index (χ4v) is 4.94. The lowest BCUT2D eigenvalue weighted by atomic mass is 10.0. The number of carbonyl (C=O) groups excluding carboxylic acids is 2. The van der Waals surface area contributed by atoms with E-state index in [0.29, 0.717) is 42.6 Å². The molecule has 2 amide bonds. The van der Waals surface area contributed by atoms with Crippen LogP contribution in [0.2, 0.25) is 0 Å². The summed E-state index contributed by atoms with van der Waals surface area (Å²) in [5, 5.41) is 3.03. The number of fused-ring (bicyclic) bond motifs is 1. The van der Waals surface area contributed by atoms with Crippen LogP contribution in [-0.4, -0.2) is 50.6 Å². The number of hydrogen-bond acceptors (Lipinski definition) is 5. The second-order valence-electron chi connectivity index (χ2n) is 10.3. The lowest BCUT2D eigenvalue weighted by Crippen LogP contribution is -2.34. The van der Waals surface area contributed by atoms with Gasteiger partial charge in [-0.25, -0.2) is 0 Å². The molecule has 0 saturated heterocycles. The zero-order chi connectivity index (χ0) is 26.8. The molecule has 1 aliphatic heterocycles. The van der Waals surface area contributed by atoms with Crippen molar-refractivity contribution >= 4 is 17.5 Å². The minimum Gasteiger partial charge on any atom is -0.497 e. The number of ether oxygens (including phenoxy) is 2. The monoisotopic (exact) mass is 509 g/mol. The van der Waals surface area contributed by atoms with Crippen LogP contribution in [0.15, 0.2) is 36.4 Å². The van der Waals surface area contributed by atoms with Crippen LogP contribution in [0.3, 0.4) is 0 Å². The van der Waals surface area contributed by atoms with Crippen molar-refractivity contribution in [1.82, 2.24) is 10.2 Å². The molecule has 2 aromatic carbocycles. The summed E-state index contributed by atoms with van der Waals surface area (Å²) in [5.41, 5.74) is 3.42. The summed E-state index contributed by atoms with van der Waals surface area (Å²) in [6.07, 6.45) is 5.69. The van der Waals surface area contributed by atoms with E-state index in [1.165, 1.54) is 19.3 Å². The molecule has 0 saturated carbocycles. The molecule has 7 nitrogen and oxygen atoms in total. The highest BCUT2D eigenvalue weighted by atomic mass is 16.5. The molecule has 3 rings (SSSR count). The maximum Gasteiger partial charge on any atom is 0.251 e. The van der Waals surface area contributed by atoms with E-state index in [0.717, 1.165) is 42.7 Å². The topological polar surface area (TPSA) is 71.1 Å². The first-order chi connectivity index (χ1) is 17.8. The molecule has 0 aromatic heterocycles. The Kier molecular flexibility index (Phi) is 10.8. The predicted octanol–water partition coefficient (Wildman–Crippen LogP) is 5.41. The van der Waals surface area contributed by atoms with Crippen LogP contribution >= 0.6 is 0 Å². The van der Waals surface area contributed by atoms with Crippen LogP contribution in [0.4, 0.5) is 5.69 Å². The van der Waals surface area contributed by atoms with Gasteiger partial charge in [0.1, 0.15) is 11.5 Å². The summed E-state index contributed by atoms with van der Waals surface area (Å²) in [7, 11) is 3.21. The van der Waals surface area contributed by atoms with E-state index in [-0.39, 0.29) is 11.8 Å². The molecule has 0 unspecified atom stereocenters. The Balaban J connectivity index is 1.88. The van der Waals surface area contributed by atoms with Gasteiger partial charge in [-0.1, -0.05) is 33.1 Å². The number of methoxy groups -OCH3 is 2. The van der Waals surface area contributed by atoms with Crippen molar-refractivity contribution in [1.29, 1.82) is 0 Å². The van der Waals surface area contributed by atoms with Crippen molar-refractivity contribution < 1.29 is 19.1 Å². The molecule has 1 N–H and O–H groups in total. The summed E-state index contributed by atoms with van der Waals surface area (Å²) >= 11 is 0. The van der Waals surface area contributed by atoms with Gasteiger partial charge in [0.2, 0.25) is 5.91 Å². The van der Waals surface area contributed by atoms with E-state index in [9.17, 15) is 9.59 Å². The Morgan fingerprint density at radius 3 is 2.19 bits per heavy atom. The van der Waals surface area contributed by atoms with Crippen molar-refractivity contribution in [2.24, 2.45) is 5.92 Å². The Labute approximate surface area is 222 Å². The van der Waals surface area contributed by atoms with Gasteiger partial charge in [0.25, 0.3) is 5.91 Å². The molecular formula is C30H43N3O4. The number of nitrogens with one attached hydrogen (secondary N) is 1. The van der Waals surface area contributed by atoms with Gasteiger partial charge in [-0.15, -0.1) is 0 Å². The predicted molar refractivity (Wildman–Crippen MR) is 148 cm³/mol. The Hall–Kier alpha value is -3.06. The highest BCUT2D eigenvalue weighted by Gasteiger charge is 2.20. The van der Waals surface area contributed by atoms with Gasteiger partial charge in [-0.3, -0.25) is 14.5 Å². The van der Waals surface area contributed by atoms with Crippen molar-refractivity contribution in [3.05, 3.63) is 53.1 Å². The third-order valence-electron chi connectivity index (χ3n) is 6.75. The molecule has 0 atom stereocenters. The maximum absolute atomic E-state index is 13.2. The second kappa shape index (κ2) is 14.0. The minimum atomic E-state index is -0.152. The summed E-state index contributed by atoms with van der Waals surface area (Å²) in [4.78, 5) is 30.2. The first kappa shape index (κ1) is 28.5. The molecule has 7 heteroatoms. The number of rotatable bonds is 7. The molecule has 0 fully saturated rings. The van der Waals surface area contributed by atoms with Crippen LogP contribution in [-0.2, 0) is 17.9 Å². The van der Waals surface area contributed by atoms with Gasteiger partial charge in [-0.05, 0) is 66.8 Å². The maximum atomic E-state index is 13.2. The van der Waals surface area contributed by atoms with Crippen LogP contribution in [0.25, 0.3) is 0 Å². The first-order valence-corrected chi connectivity index (χ1v) is 13.4. The lowest BCUT2D eigenvalue weighted by Gasteiger charge is -2.30. The second-order valence-corrected chi connectivity index (χ2v) is 10.3. The molecule has 1 aliphatic rings. The Morgan fingerprint density at radius 2 is 1.57 bits per heavy atom. The fraction of sp³-hybridized carbons (Fsp3) is 0.533. The molecule has 1 heterocycles. The molecule has 0 aliphatic carbocycles. The third kappa shape index (κ3) is 8.49. The van der Waals surface area contributed by atoms with Crippen LogP contribution in [0, 0.1) is 5.92 Å². The molecule has 0 spiro atoms. The van der Waals surface area contributed by atoms with Crippen molar-refractivity contribution in [2.45, 2.75) is 66.0 Å². The third-order valence-corrected chi connectivity index (χ3v) is 6.75. The SMILES string of the molecule is COc1cc(CNC(=O)c2ccc3c(c2)CN(CC(C)C)CCCCCCCN3C(C)=O)cc(OC)c1. The minimum absolute atomic E-state index is 0.0397. The first-order valence-electron chi connectivity index (χ1n) is 13.4. The number of hydrogen-bond donors (Lipinski definition) is 1. The molecule has 0 radical (unpaired) electrons. The zero-order valence-electron chi connectivity index (χ0n) is 23.1. The van der Waals surface area contributed by atoms with E-state index >= 15 is 0 Å². The summed E-state index contributed by atoms with van der Waals surface area (Å²) in [6.45, 7) is 9.86. The summed E-state index contributed by atoms with van der Waals surface area (Å²) < 4.78 is 10.7. The van der Waals surface area contributed by atoms with Crippen LogP contribution in [0.1, 0.15) is 74.4 Å². The standard InChI is InChI=1S/C30H43N3O4/c1-22(2)20-32-13-9-7-6-8-10-14-33(23(3)34)29-12-11-25(17-26(29)21-32)30(35)31-19-24-15-27(36-4)18-28(16-24)37-5/h11-12,15-18,22H,6-10,13-14,19-21H2,1-5H3,(H,31,35). The molecular weight excluding hydrogens is 466 g/mol. The molecule has 2 aromatic rings. The van der Waals surface area contributed by atoms with Crippen LogP contribution < -0.4 is 19.7 Å². The molecule has 0 bridgehead atoms. The van der Waals surface area contributed by atoms with Gasteiger partial charge in [0, 0.05) is 50.4 Å². The van der Waals surface area contributed by atoms with Crippen LogP contribution in [0.5, 0.6) is 11.5 Å². The number of carbonyl (C=O) groups is 2. The van der Waals surface area contributed by atoms with Crippen molar-refractivity contribution in [2.75, 3.05) is 38.8 Å². The van der Waals surface area contributed by atoms with E-state index in [4.69, 9.17) is 9.47 Å². The highest BCUT2D eigenvalue weighted by Crippen LogP contribution is 2.27. The average Bonchev–Trinajstić information content (AvgIpc) is 2.87. The van der Waals surface area contributed by atoms with Gasteiger partial charge in [0.05, 0.1) is 14.2 Å². The molecule has 202 valence electrons. The van der Waals surface area contributed by atoms with Gasteiger partial charge in [-0.2, -0.15) is 0 Å². The Morgan fingerprint density at radius 1 is 0.919 bits per heavy atom. The largest absolute Gasteiger partial charge is 0.497 e. The fourth-order valence-electron chi connectivity index (χ4n) is 4.94. The van der Waals surface area contributed by atoms with E-state index in [1.807, 2.05) is 35.2 Å². The number of benzene rings is 2. The quantitative estimate of drug-likeness (QED) is 0.541. The summed E-state index contributed by atoms with van der Waals surface area (Å²) in [5.74, 6) is 1.78. The summed E-state index contributed by atoms with van der Waals surface area (Å²) in [6, 6.07) is 11.3. The normalized spacial score (nSPS) is 15.4. The van der Waals surface area contributed by atoms with E-state index in [1.54, 1.807) is 27.2 Å². The van der Waals surface area contributed by atoms with Gasteiger partial charge in [0.15, 0.2) is 0 Å². The zero-order valence-corrected chi connectivity index (χ0v) is 23.1. The van der Waals surface area contributed by atoms with Crippen molar-refractivity contribution in [3.8, 4) is 11.5 Å². The number of nitrogens with zero attached hydrogens (tertiary/aromatic N) is 2. The van der Waals surface area contributed by atoms with E-state index < -0.39 is 0 Å². The van der Waals surface area contributed by atoms with Gasteiger partial charge < -0.3 is 19.7 Å².